The summed E-state index contributed by atoms with van der Waals surface area (Å²) in [6, 6.07) is 4.42. The van der Waals surface area contributed by atoms with Gasteiger partial charge in [-0.2, -0.15) is 5.10 Å². The van der Waals surface area contributed by atoms with Crippen molar-refractivity contribution >= 4 is 33.1 Å². The summed E-state index contributed by atoms with van der Waals surface area (Å²) in [5.74, 6) is 0.202. The molecular formula is C11H13ClN4O2S. The van der Waals surface area contributed by atoms with Crippen LogP contribution in [0.4, 0.5) is 11.5 Å². The van der Waals surface area contributed by atoms with Gasteiger partial charge < -0.3 is 5.73 Å². The van der Waals surface area contributed by atoms with E-state index in [0.29, 0.717) is 5.69 Å². The summed E-state index contributed by atoms with van der Waals surface area (Å²) in [4.78, 5) is -0.0714. The van der Waals surface area contributed by atoms with Crippen molar-refractivity contribution < 1.29 is 8.42 Å². The smallest absolute Gasteiger partial charge is 0.264 e. The molecule has 0 amide bonds. The second-order valence-corrected chi connectivity index (χ2v) is 6.24. The summed E-state index contributed by atoms with van der Waals surface area (Å²) in [5.41, 5.74) is 7.54. The van der Waals surface area contributed by atoms with Crippen molar-refractivity contribution in [2.24, 2.45) is 0 Å². The van der Waals surface area contributed by atoms with Crippen LogP contribution in [-0.2, 0) is 10.0 Å². The number of sulfonamides is 1. The van der Waals surface area contributed by atoms with Crippen molar-refractivity contribution in [1.82, 2.24) is 10.2 Å². The maximum Gasteiger partial charge on any atom is 0.264 e. The average Bonchev–Trinajstić information content (AvgIpc) is 2.68. The molecule has 1 heterocycles. The minimum atomic E-state index is -3.81. The van der Waals surface area contributed by atoms with Gasteiger partial charge in [0, 0.05) is 17.4 Å². The molecule has 1 aromatic heterocycles. The van der Waals surface area contributed by atoms with Gasteiger partial charge in [-0.15, -0.1) is 0 Å². The molecular weight excluding hydrogens is 288 g/mol. The van der Waals surface area contributed by atoms with Crippen LogP contribution in [0.25, 0.3) is 0 Å². The first-order valence-corrected chi connectivity index (χ1v) is 7.26. The second kappa shape index (κ2) is 4.75. The highest BCUT2D eigenvalue weighted by molar-refractivity contribution is 7.92. The molecule has 0 fully saturated rings. The van der Waals surface area contributed by atoms with Crippen LogP contribution < -0.4 is 10.5 Å². The monoisotopic (exact) mass is 300 g/mol. The molecule has 0 aliphatic carbocycles. The van der Waals surface area contributed by atoms with Gasteiger partial charge in [-0.05, 0) is 31.5 Å². The number of nitrogens with zero attached hydrogens (tertiary/aromatic N) is 1. The van der Waals surface area contributed by atoms with Gasteiger partial charge in [0.25, 0.3) is 10.0 Å². The quantitative estimate of drug-likeness (QED) is 0.755. The van der Waals surface area contributed by atoms with Crippen molar-refractivity contribution in [3.05, 3.63) is 34.5 Å². The highest BCUT2D eigenvalue weighted by Gasteiger charge is 2.20. The van der Waals surface area contributed by atoms with Crippen LogP contribution in [0.1, 0.15) is 11.3 Å². The molecule has 102 valence electrons. The third kappa shape index (κ3) is 2.82. The first kappa shape index (κ1) is 13.7. The van der Waals surface area contributed by atoms with Crippen molar-refractivity contribution in [1.29, 1.82) is 0 Å². The maximum atomic E-state index is 12.2. The van der Waals surface area contributed by atoms with Gasteiger partial charge in [0.1, 0.15) is 4.90 Å². The van der Waals surface area contributed by atoms with E-state index >= 15 is 0 Å². The van der Waals surface area contributed by atoms with Crippen LogP contribution in [0.15, 0.2) is 23.1 Å². The molecule has 19 heavy (non-hydrogen) atoms. The summed E-state index contributed by atoms with van der Waals surface area (Å²) in [5, 5.41) is 6.57. The topological polar surface area (TPSA) is 101 Å². The zero-order chi connectivity index (χ0) is 14.2. The van der Waals surface area contributed by atoms with Gasteiger partial charge in [-0.25, -0.2) is 8.42 Å². The Labute approximate surface area is 116 Å². The van der Waals surface area contributed by atoms with Gasteiger partial charge in [0.05, 0.1) is 5.02 Å². The highest BCUT2D eigenvalue weighted by atomic mass is 35.5. The van der Waals surface area contributed by atoms with Gasteiger partial charge in [0.15, 0.2) is 5.82 Å². The molecule has 0 bridgehead atoms. The predicted molar refractivity (Wildman–Crippen MR) is 74.7 cm³/mol. The normalized spacial score (nSPS) is 11.5. The number of aromatic nitrogens is 2. The molecule has 8 heteroatoms. The summed E-state index contributed by atoms with van der Waals surface area (Å²) in [6.45, 7) is 3.52. The lowest BCUT2D eigenvalue weighted by molar-refractivity contribution is 0.601. The molecule has 0 aliphatic rings. The molecule has 1 aromatic carbocycles. The van der Waals surface area contributed by atoms with Gasteiger partial charge in [-0.3, -0.25) is 9.82 Å². The van der Waals surface area contributed by atoms with Crippen molar-refractivity contribution in [2.45, 2.75) is 18.7 Å². The van der Waals surface area contributed by atoms with E-state index in [-0.39, 0.29) is 15.7 Å². The number of hydrogen-bond donors (Lipinski definition) is 3. The maximum absolute atomic E-state index is 12.2. The summed E-state index contributed by atoms with van der Waals surface area (Å²) in [7, 11) is -3.81. The van der Waals surface area contributed by atoms with E-state index in [1.54, 1.807) is 19.9 Å². The Kier molecular flexibility index (Phi) is 3.42. The minimum Gasteiger partial charge on any atom is -0.398 e. The molecule has 0 aliphatic heterocycles. The van der Waals surface area contributed by atoms with Crippen LogP contribution in [0, 0.1) is 13.8 Å². The van der Waals surface area contributed by atoms with Crippen LogP contribution >= 0.6 is 11.6 Å². The summed E-state index contributed by atoms with van der Waals surface area (Å²) >= 11 is 5.95. The number of rotatable bonds is 3. The Morgan fingerprint density at radius 1 is 1.32 bits per heavy atom. The lowest BCUT2D eigenvalue weighted by atomic mass is 10.2. The SMILES string of the molecule is Cc1cc(NS(=O)(=O)c2cc(N)c(C)cc2Cl)n[nH]1. The Morgan fingerprint density at radius 3 is 2.58 bits per heavy atom. The Bertz CT molecular complexity index is 724. The fraction of sp³-hybridized carbons (Fsp3) is 0.182. The number of aryl methyl sites for hydroxylation is 2. The number of anilines is 2. The molecule has 2 rings (SSSR count). The third-order valence-corrected chi connectivity index (χ3v) is 4.37. The second-order valence-electron chi connectivity index (χ2n) is 4.18. The standard InChI is InChI=1S/C11H13ClN4O2S/c1-6-3-8(12)10(5-9(6)13)19(17,18)16-11-4-7(2)14-15-11/h3-5H,13H2,1-2H3,(H2,14,15,16). The van der Waals surface area contributed by atoms with Crippen molar-refractivity contribution in [3.8, 4) is 0 Å². The molecule has 0 unspecified atom stereocenters. The number of benzene rings is 1. The Hall–Kier alpha value is -1.73. The average molecular weight is 301 g/mol. The lowest BCUT2D eigenvalue weighted by Crippen LogP contribution is -2.14. The molecule has 6 nitrogen and oxygen atoms in total. The molecule has 0 spiro atoms. The largest absolute Gasteiger partial charge is 0.398 e. The van der Waals surface area contributed by atoms with Crippen LogP contribution in [0.3, 0.4) is 0 Å². The highest BCUT2D eigenvalue weighted by Crippen LogP contribution is 2.28. The van der Waals surface area contributed by atoms with E-state index in [1.165, 1.54) is 12.1 Å². The van der Waals surface area contributed by atoms with Crippen molar-refractivity contribution in [2.75, 3.05) is 10.5 Å². The molecule has 0 saturated heterocycles. The number of nitrogens with one attached hydrogen (secondary N) is 2. The number of hydrogen-bond acceptors (Lipinski definition) is 4. The van der Waals surface area contributed by atoms with Crippen LogP contribution in [0.2, 0.25) is 5.02 Å². The predicted octanol–water partition coefficient (Wildman–Crippen LogP) is 2.06. The van der Waals surface area contributed by atoms with E-state index in [2.05, 4.69) is 14.9 Å². The molecule has 0 radical (unpaired) electrons. The fourth-order valence-electron chi connectivity index (χ4n) is 1.54. The number of nitrogens with two attached hydrogens (primary N) is 1. The van der Waals surface area contributed by atoms with Crippen LogP contribution in [-0.4, -0.2) is 18.6 Å². The molecule has 0 atom stereocenters. The van der Waals surface area contributed by atoms with E-state index in [0.717, 1.165) is 11.3 Å². The summed E-state index contributed by atoms with van der Waals surface area (Å²) < 4.78 is 26.7. The van der Waals surface area contributed by atoms with Gasteiger partial charge in [0.2, 0.25) is 0 Å². The molecule has 0 saturated carbocycles. The zero-order valence-electron chi connectivity index (χ0n) is 10.4. The Balaban J connectivity index is 2.42. The van der Waals surface area contributed by atoms with Gasteiger partial charge in [-0.1, -0.05) is 11.6 Å². The van der Waals surface area contributed by atoms with Gasteiger partial charge >= 0.3 is 0 Å². The third-order valence-electron chi connectivity index (χ3n) is 2.55. The van der Waals surface area contributed by atoms with E-state index in [9.17, 15) is 8.42 Å². The fourth-order valence-corrected chi connectivity index (χ4v) is 3.15. The molecule has 4 N–H and O–H groups in total. The summed E-state index contributed by atoms with van der Waals surface area (Å²) in [6.07, 6.45) is 0. The number of aromatic amines is 1. The number of H-pyrrole nitrogens is 1. The molecule has 2 aromatic rings. The Morgan fingerprint density at radius 2 is 2.00 bits per heavy atom. The first-order chi connectivity index (χ1) is 8.79. The van der Waals surface area contributed by atoms with E-state index in [1.807, 2.05) is 0 Å². The van der Waals surface area contributed by atoms with E-state index < -0.39 is 10.0 Å². The first-order valence-electron chi connectivity index (χ1n) is 5.40. The van der Waals surface area contributed by atoms with Crippen molar-refractivity contribution in [3.63, 3.8) is 0 Å². The number of nitrogen functional groups attached to an aromatic ring is 1. The van der Waals surface area contributed by atoms with Crippen LogP contribution in [0.5, 0.6) is 0 Å². The lowest BCUT2D eigenvalue weighted by Gasteiger charge is -2.09. The minimum absolute atomic E-state index is 0.0714. The number of halogens is 1. The van der Waals surface area contributed by atoms with E-state index in [4.69, 9.17) is 17.3 Å². The zero-order valence-corrected chi connectivity index (χ0v) is 11.9.